The van der Waals surface area contributed by atoms with Gasteiger partial charge in [0, 0.05) is 28.1 Å². The number of carbonyl (C=O) groups excluding carboxylic acids is 1. The summed E-state index contributed by atoms with van der Waals surface area (Å²) in [6.45, 7) is 2.93. The Hall–Kier alpha value is -2.10. The maximum atomic E-state index is 12.9. The highest BCUT2D eigenvalue weighted by Crippen LogP contribution is 2.40. The molecule has 0 unspecified atom stereocenters. The summed E-state index contributed by atoms with van der Waals surface area (Å²) in [5.41, 5.74) is 5.86. The van der Waals surface area contributed by atoms with Crippen LogP contribution < -0.4 is 0 Å². The van der Waals surface area contributed by atoms with Crippen LogP contribution in [0.4, 0.5) is 0 Å². The summed E-state index contributed by atoms with van der Waals surface area (Å²) < 4.78 is 1.83. The first-order chi connectivity index (χ1) is 11.5. The molecule has 0 spiro atoms. The summed E-state index contributed by atoms with van der Waals surface area (Å²) in [6.07, 6.45) is 0.906. The van der Waals surface area contributed by atoms with Gasteiger partial charge < -0.3 is 4.90 Å². The molecule has 4 rings (SSSR count). The van der Waals surface area contributed by atoms with Crippen molar-refractivity contribution in [1.82, 2.24) is 9.47 Å². The average molecular weight is 339 g/mol. The molecule has 0 amide bonds. The number of halogens is 1. The molecule has 3 nitrogen and oxygen atoms in total. The van der Waals surface area contributed by atoms with Crippen LogP contribution in [0.1, 0.15) is 21.5 Å². The first-order valence-corrected chi connectivity index (χ1v) is 8.49. The summed E-state index contributed by atoms with van der Waals surface area (Å²) >= 11 is 6.49. The molecular weight excluding hydrogens is 320 g/mol. The van der Waals surface area contributed by atoms with Crippen LogP contribution in [0, 0.1) is 6.92 Å². The molecular formula is C20H19ClN2O. The molecule has 0 atom stereocenters. The Morgan fingerprint density at radius 3 is 2.54 bits per heavy atom. The van der Waals surface area contributed by atoms with Gasteiger partial charge in [0.05, 0.1) is 11.2 Å². The van der Waals surface area contributed by atoms with E-state index in [0.29, 0.717) is 0 Å². The second kappa shape index (κ2) is 5.47. The van der Waals surface area contributed by atoms with Crippen molar-refractivity contribution >= 4 is 28.4 Å². The third kappa shape index (κ3) is 2.12. The Balaban J connectivity index is 2.00. The fourth-order valence-corrected chi connectivity index (χ4v) is 3.77. The van der Waals surface area contributed by atoms with E-state index < -0.39 is 0 Å². The molecule has 2 aromatic carbocycles. The first kappa shape index (κ1) is 15.4. The number of rotatable bonds is 3. The number of carbonyl (C=O) groups is 1. The second-order valence-electron chi connectivity index (χ2n) is 6.67. The predicted octanol–water partition coefficient (Wildman–Crippen LogP) is 4.38. The van der Waals surface area contributed by atoms with Crippen LogP contribution in [-0.2, 0) is 6.42 Å². The fraction of sp³-hybridized carbons (Fsp3) is 0.250. The quantitative estimate of drug-likeness (QED) is 0.554. The molecule has 0 N–H and O–H groups in total. The standard InChI is InChI=1S/C20H19ClN2O/c1-12-17(21)10-13(8-9-22(2)3)16-11-18-14-6-4-5-7-15(14)20(24)23(18)19(12)16/h4-7,10-11H,8-9H2,1-3H3. The number of aromatic nitrogens is 1. The zero-order valence-corrected chi connectivity index (χ0v) is 14.8. The number of aryl methyl sites for hydroxylation is 1. The Morgan fingerprint density at radius 2 is 1.83 bits per heavy atom. The van der Waals surface area contributed by atoms with E-state index in [1.807, 2.05) is 35.8 Å². The molecule has 1 aliphatic heterocycles. The van der Waals surface area contributed by atoms with Crippen molar-refractivity contribution in [3.63, 3.8) is 0 Å². The maximum Gasteiger partial charge on any atom is 0.263 e. The van der Waals surface area contributed by atoms with Crippen molar-refractivity contribution in [3.8, 4) is 11.3 Å². The lowest BCUT2D eigenvalue weighted by Gasteiger charge is -2.13. The van der Waals surface area contributed by atoms with Crippen molar-refractivity contribution in [2.75, 3.05) is 20.6 Å². The summed E-state index contributed by atoms with van der Waals surface area (Å²) in [4.78, 5) is 15.1. The van der Waals surface area contributed by atoms with Gasteiger partial charge in [-0.05, 0) is 56.8 Å². The number of benzene rings is 2. The number of nitrogens with zero attached hydrogens (tertiary/aromatic N) is 2. The molecule has 0 bridgehead atoms. The average Bonchev–Trinajstić information content (AvgIpc) is 3.07. The minimum Gasteiger partial charge on any atom is -0.309 e. The molecule has 24 heavy (non-hydrogen) atoms. The van der Waals surface area contributed by atoms with Crippen molar-refractivity contribution < 1.29 is 4.79 Å². The van der Waals surface area contributed by atoms with Crippen molar-refractivity contribution in [2.45, 2.75) is 13.3 Å². The Kier molecular flexibility index (Phi) is 3.52. The third-order valence-corrected chi connectivity index (χ3v) is 5.22. The van der Waals surface area contributed by atoms with E-state index >= 15 is 0 Å². The van der Waals surface area contributed by atoms with E-state index in [1.54, 1.807) is 0 Å². The van der Waals surface area contributed by atoms with Crippen LogP contribution in [-0.4, -0.2) is 36.0 Å². The molecule has 0 fully saturated rings. The Bertz CT molecular complexity index is 985. The van der Waals surface area contributed by atoms with Gasteiger partial charge in [-0.25, -0.2) is 0 Å². The fourth-order valence-electron chi connectivity index (χ4n) is 3.55. The highest BCUT2D eigenvalue weighted by atomic mass is 35.5. The molecule has 122 valence electrons. The van der Waals surface area contributed by atoms with Gasteiger partial charge in [-0.3, -0.25) is 9.36 Å². The van der Waals surface area contributed by atoms with Crippen LogP contribution in [0.5, 0.6) is 0 Å². The molecule has 0 saturated carbocycles. The molecule has 1 aliphatic rings. The van der Waals surface area contributed by atoms with Gasteiger partial charge in [-0.2, -0.15) is 0 Å². The van der Waals surface area contributed by atoms with E-state index in [9.17, 15) is 4.79 Å². The molecule has 3 aromatic rings. The molecule has 0 aliphatic carbocycles. The van der Waals surface area contributed by atoms with Crippen LogP contribution >= 0.6 is 11.6 Å². The lowest BCUT2D eigenvalue weighted by atomic mass is 10.0. The summed E-state index contributed by atoms with van der Waals surface area (Å²) in [7, 11) is 4.12. The van der Waals surface area contributed by atoms with Crippen LogP contribution in [0.2, 0.25) is 5.02 Å². The van der Waals surface area contributed by atoms with Gasteiger partial charge in [-0.1, -0.05) is 29.8 Å². The number of hydrogen-bond acceptors (Lipinski definition) is 2. The van der Waals surface area contributed by atoms with Gasteiger partial charge in [0.1, 0.15) is 0 Å². The maximum absolute atomic E-state index is 12.9. The number of hydrogen-bond donors (Lipinski definition) is 0. The van der Waals surface area contributed by atoms with Gasteiger partial charge in [-0.15, -0.1) is 0 Å². The highest BCUT2D eigenvalue weighted by molar-refractivity contribution is 6.32. The topological polar surface area (TPSA) is 25.2 Å². The molecule has 4 heteroatoms. The number of fused-ring (bicyclic) bond motifs is 5. The molecule has 2 heterocycles. The summed E-state index contributed by atoms with van der Waals surface area (Å²) in [5.74, 6) is 0.0412. The molecule has 1 aromatic heterocycles. The predicted molar refractivity (Wildman–Crippen MR) is 99.1 cm³/mol. The smallest absolute Gasteiger partial charge is 0.263 e. The zero-order valence-electron chi connectivity index (χ0n) is 14.1. The lowest BCUT2D eigenvalue weighted by molar-refractivity contribution is 0.0973. The lowest BCUT2D eigenvalue weighted by Crippen LogP contribution is -2.15. The number of likely N-dealkylation sites (N-methyl/N-ethyl adjacent to an activating group) is 1. The molecule has 0 saturated heterocycles. The minimum absolute atomic E-state index is 0.0412. The van der Waals surface area contributed by atoms with Crippen LogP contribution in [0.25, 0.3) is 22.2 Å². The van der Waals surface area contributed by atoms with Crippen molar-refractivity contribution in [2.24, 2.45) is 0 Å². The highest BCUT2D eigenvalue weighted by Gasteiger charge is 2.30. The minimum atomic E-state index is 0.0412. The third-order valence-electron chi connectivity index (χ3n) is 4.83. The summed E-state index contributed by atoms with van der Waals surface area (Å²) in [6, 6.07) is 12.0. The zero-order chi connectivity index (χ0) is 17.0. The van der Waals surface area contributed by atoms with E-state index in [0.717, 1.165) is 51.3 Å². The van der Waals surface area contributed by atoms with E-state index in [4.69, 9.17) is 11.6 Å². The Morgan fingerprint density at radius 1 is 1.12 bits per heavy atom. The van der Waals surface area contributed by atoms with Crippen molar-refractivity contribution in [3.05, 3.63) is 58.1 Å². The van der Waals surface area contributed by atoms with Gasteiger partial charge in [0.15, 0.2) is 0 Å². The van der Waals surface area contributed by atoms with Gasteiger partial charge in [0.2, 0.25) is 0 Å². The second-order valence-corrected chi connectivity index (χ2v) is 7.08. The van der Waals surface area contributed by atoms with E-state index in [2.05, 4.69) is 31.1 Å². The monoisotopic (exact) mass is 338 g/mol. The van der Waals surface area contributed by atoms with Gasteiger partial charge >= 0.3 is 0 Å². The van der Waals surface area contributed by atoms with E-state index in [1.165, 1.54) is 5.56 Å². The largest absolute Gasteiger partial charge is 0.309 e. The normalized spacial score (nSPS) is 13.0. The SMILES string of the molecule is Cc1c(Cl)cc(CCN(C)C)c2cc3n(c12)C(=O)c1ccccc1-3. The van der Waals surface area contributed by atoms with E-state index in [-0.39, 0.29) is 5.91 Å². The van der Waals surface area contributed by atoms with Crippen LogP contribution in [0.15, 0.2) is 36.4 Å². The molecule has 0 radical (unpaired) electrons. The first-order valence-electron chi connectivity index (χ1n) is 8.11. The van der Waals surface area contributed by atoms with Crippen LogP contribution in [0.3, 0.4) is 0 Å². The van der Waals surface area contributed by atoms with Gasteiger partial charge in [0.25, 0.3) is 5.91 Å². The van der Waals surface area contributed by atoms with Crippen molar-refractivity contribution in [1.29, 1.82) is 0 Å². The summed E-state index contributed by atoms with van der Waals surface area (Å²) in [5, 5.41) is 1.86. The Labute approximate surface area is 146 Å².